The molecule has 3 aromatic rings. The molecule has 1 saturated heterocycles. The van der Waals surface area contributed by atoms with Crippen molar-refractivity contribution in [1.29, 1.82) is 0 Å². The molecule has 0 aliphatic carbocycles. The highest BCUT2D eigenvalue weighted by Crippen LogP contribution is 2.20. The van der Waals surface area contributed by atoms with Crippen molar-refractivity contribution in [3.63, 3.8) is 0 Å². The molecule has 21 heavy (non-hydrogen) atoms. The van der Waals surface area contributed by atoms with Crippen LogP contribution >= 0.6 is 0 Å². The van der Waals surface area contributed by atoms with Crippen LogP contribution in [0.2, 0.25) is 0 Å². The van der Waals surface area contributed by atoms with E-state index in [0.717, 1.165) is 29.4 Å². The zero-order valence-electron chi connectivity index (χ0n) is 11.5. The standard InChI is InChI=1S/C16H15N3O2/c20-15-13-9-11-3-1-2-4-12(11)10-14(13)17-16(18-15)19-5-7-21-8-6-19/h1-4,9-10H,5-8H2,(H,17,18,20). The number of H-pyrrole nitrogens is 1. The Morgan fingerprint density at radius 2 is 1.81 bits per heavy atom. The SMILES string of the molecule is O=c1[nH]c(N2CCOCC2)nc2cc3ccccc3cc12. The molecule has 1 aliphatic heterocycles. The highest BCUT2D eigenvalue weighted by molar-refractivity contribution is 5.96. The molecule has 0 bridgehead atoms. The van der Waals surface area contributed by atoms with E-state index in [1.54, 1.807) is 0 Å². The Balaban J connectivity index is 1.91. The molecule has 1 aromatic heterocycles. The number of hydrogen-bond donors (Lipinski definition) is 1. The van der Waals surface area contributed by atoms with Gasteiger partial charge in [0.25, 0.3) is 5.56 Å². The molecular formula is C16H15N3O2. The van der Waals surface area contributed by atoms with Gasteiger partial charge in [-0.25, -0.2) is 4.98 Å². The van der Waals surface area contributed by atoms with Crippen LogP contribution in [0, 0.1) is 0 Å². The predicted molar refractivity (Wildman–Crippen MR) is 82.9 cm³/mol. The lowest BCUT2D eigenvalue weighted by Crippen LogP contribution is -2.38. The summed E-state index contributed by atoms with van der Waals surface area (Å²) in [5.41, 5.74) is 0.645. The van der Waals surface area contributed by atoms with Crippen molar-refractivity contribution in [3.8, 4) is 0 Å². The van der Waals surface area contributed by atoms with Gasteiger partial charge in [-0.2, -0.15) is 0 Å². The van der Waals surface area contributed by atoms with Gasteiger partial charge in [-0.3, -0.25) is 9.78 Å². The van der Waals surface area contributed by atoms with Gasteiger partial charge in [0, 0.05) is 13.1 Å². The average Bonchev–Trinajstić information content (AvgIpc) is 2.54. The van der Waals surface area contributed by atoms with Gasteiger partial charge in [-0.1, -0.05) is 24.3 Å². The van der Waals surface area contributed by atoms with Crippen LogP contribution in [0.5, 0.6) is 0 Å². The van der Waals surface area contributed by atoms with Gasteiger partial charge >= 0.3 is 0 Å². The third-order valence-corrected chi connectivity index (χ3v) is 3.87. The minimum atomic E-state index is -0.0905. The van der Waals surface area contributed by atoms with Gasteiger partial charge in [-0.05, 0) is 22.9 Å². The molecule has 0 spiro atoms. The number of hydrogen-bond acceptors (Lipinski definition) is 4. The Labute approximate surface area is 121 Å². The summed E-state index contributed by atoms with van der Waals surface area (Å²) in [6.07, 6.45) is 0. The summed E-state index contributed by atoms with van der Waals surface area (Å²) in [7, 11) is 0. The van der Waals surface area contributed by atoms with Crippen LogP contribution in [-0.2, 0) is 4.74 Å². The molecule has 0 saturated carbocycles. The molecule has 5 nitrogen and oxygen atoms in total. The van der Waals surface area contributed by atoms with Gasteiger partial charge < -0.3 is 9.64 Å². The molecule has 2 heterocycles. The first-order valence-electron chi connectivity index (χ1n) is 7.07. The van der Waals surface area contributed by atoms with Gasteiger partial charge in [0.15, 0.2) is 0 Å². The lowest BCUT2D eigenvalue weighted by molar-refractivity contribution is 0.122. The fourth-order valence-corrected chi connectivity index (χ4v) is 2.74. The smallest absolute Gasteiger partial charge is 0.260 e. The zero-order valence-corrected chi connectivity index (χ0v) is 11.5. The van der Waals surface area contributed by atoms with Gasteiger partial charge in [-0.15, -0.1) is 0 Å². The molecule has 4 rings (SSSR count). The minimum absolute atomic E-state index is 0.0905. The number of anilines is 1. The molecule has 0 unspecified atom stereocenters. The Morgan fingerprint density at radius 3 is 2.57 bits per heavy atom. The Bertz CT molecular complexity index is 866. The van der Waals surface area contributed by atoms with E-state index in [1.165, 1.54) is 0 Å². The van der Waals surface area contributed by atoms with Crippen molar-refractivity contribution in [2.75, 3.05) is 31.2 Å². The molecule has 0 radical (unpaired) electrons. The third-order valence-electron chi connectivity index (χ3n) is 3.87. The fourth-order valence-electron chi connectivity index (χ4n) is 2.74. The minimum Gasteiger partial charge on any atom is -0.378 e. The number of rotatable bonds is 1. The first-order valence-corrected chi connectivity index (χ1v) is 7.07. The maximum Gasteiger partial charge on any atom is 0.260 e. The quantitative estimate of drug-likeness (QED) is 0.692. The topological polar surface area (TPSA) is 58.2 Å². The predicted octanol–water partition coefficient (Wildman–Crippen LogP) is 1.91. The van der Waals surface area contributed by atoms with Crippen LogP contribution < -0.4 is 10.5 Å². The third kappa shape index (κ3) is 2.15. The van der Waals surface area contributed by atoms with Crippen molar-refractivity contribution < 1.29 is 4.74 Å². The number of fused-ring (bicyclic) bond motifs is 2. The number of nitrogens with zero attached hydrogens (tertiary/aromatic N) is 2. The van der Waals surface area contributed by atoms with Crippen LogP contribution in [-0.4, -0.2) is 36.3 Å². The first-order chi connectivity index (χ1) is 10.3. The molecule has 2 aromatic carbocycles. The Kier molecular flexibility index (Phi) is 2.86. The number of aromatic nitrogens is 2. The molecule has 1 N–H and O–H groups in total. The van der Waals surface area contributed by atoms with Crippen LogP contribution in [0.1, 0.15) is 0 Å². The summed E-state index contributed by atoms with van der Waals surface area (Å²) in [6.45, 7) is 2.84. The lowest BCUT2D eigenvalue weighted by atomic mass is 10.1. The maximum absolute atomic E-state index is 12.3. The summed E-state index contributed by atoms with van der Waals surface area (Å²) in [5.74, 6) is 0.631. The highest BCUT2D eigenvalue weighted by atomic mass is 16.5. The van der Waals surface area contributed by atoms with E-state index in [1.807, 2.05) is 36.4 Å². The van der Waals surface area contributed by atoms with E-state index in [9.17, 15) is 4.79 Å². The fraction of sp³-hybridized carbons (Fsp3) is 0.250. The second-order valence-corrected chi connectivity index (χ2v) is 5.21. The van der Waals surface area contributed by atoms with Gasteiger partial charge in [0.1, 0.15) is 0 Å². The summed E-state index contributed by atoms with van der Waals surface area (Å²) in [5, 5.41) is 2.78. The summed E-state index contributed by atoms with van der Waals surface area (Å²) < 4.78 is 5.34. The Hall–Kier alpha value is -2.40. The lowest BCUT2D eigenvalue weighted by Gasteiger charge is -2.27. The number of ether oxygens (including phenoxy) is 1. The molecule has 106 valence electrons. The van der Waals surface area contributed by atoms with E-state index < -0.39 is 0 Å². The van der Waals surface area contributed by atoms with Crippen molar-refractivity contribution in [3.05, 3.63) is 46.8 Å². The van der Waals surface area contributed by atoms with E-state index >= 15 is 0 Å². The van der Waals surface area contributed by atoms with Crippen LogP contribution in [0.4, 0.5) is 5.95 Å². The second-order valence-electron chi connectivity index (χ2n) is 5.21. The summed E-state index contributed by atoms with van der Waals surface area (Å²) in [4.78, 5) is 21.9. The Morgan fingerprint density at radius 1 is 1.10 bits per heavy atom. The summed E-state index contributed by atoms with van der Waals surface area (Å²) in [6, 6.07) is 11.9. The van der Waals surface area contributed by atoms with Crippen molar-refractivity contribution in [2.45, 2.75) is 0 Å². The highest BCUT2D eigenvalue weighted by Gasteiger charge is 2.15. The molecule has 0 amide bonds. The van der Waals surface area contributed by atoms with Crippen molar-refractivity contribution in [1.82, 2.24) is 9.97 Å². The van der Waals surface area contributed by atoms with E-state index in [0.29, 0.717) is 24.5 Å². The maximum atomic E-state index is 12.3. The van der Waals surface area contributed by atoms with Gasteiger partial charge in [0.2, 0.25) is 5.95 Å². The molecule has 1 fully saturated rings. The zero-order chi connectivity index (χ0) is 14.2. The monoisotopic (exact) mass is 281 g/mol. The van der Waals surface area contributed by atoms with Crippen molar-refractivity contribution >= 4 is 27.6 Å². The molecule has 5 heteroatoms. The summed E-state index contributed by atoms with van der Waals surface area (Å²) >= 11 is 0. The van der Waals surface area contributed by atoms with Crippen LogP contribution in [0.15, 0.2) is 41.2 Å². The number of aromatic amines is 1. The van der Waals surface area contributed by atoms with Crippen LogP contribution in [0.3, 0.4) is 0 Å². The normalized spacial score (nSPS) is 15.7. The number of benzene rings is 2. The second kappa shape index (κ2) is 4.86. The van der Waals surface area contributed by atoms with E-state index in [2.05, 4.69) is 14.9 Å². The van der Waals surface area contributed by atoms with Crippen molar-refractivity contribution in [2.24, 2.45) is 0 Å². The average molecular weight is 281 g/mol. The number of nitrogens with one attached hydrogen (secondary N) is 1. The molecule has 0 atom stereocenters. The largest absolute Gasteiger partial charge is 0.378 e. The molecular weight excluding hydrogens is 266 g/mol. The number of morpholine rings is 1. The molecule has 1 aliphatic rings. The van der Waals surface area contributed by atoms with Gasteiger partial charge in [0.05, 0.1) is 24.1 Å². The van der Waals surface area contributed by atoms with E-state index in [-0.39, 0.29) is 5.56 Å². The first kappa shape index (κ1) is 12.3. The van der Waals surface area contributed by atoms with Crippen LogP contribution in [0.25, 0.3) is 21.7 Å². The van der Waals surface area contributed by atoms with E-state index in [4.69, 9.17) is 4.74 Å².